The van der Waals surface area contributed by atoms with Gasteiger partial charge in [0, 0.05) is 19.6 Å². The van der Waals surface area contributed by atoms with Crippen LogP contribution in [-0.4, -0.2) is 54.1 Å². The summed E-state index contributed by atoms with van der Waals surface area (Å²) in [6.45, 7) is 1.68. The largest absolute Gasteiger partial charge is 0.480 e. The Hall–Kier alpha value is -1.14. The molecule has 74 valence electrons. The highest BCUT2D eigenvalue weighted by Crippen LogP contribution is 1.94. The van der Waals surface area contributed by atoms with Gasteiger partial charge in [-0.1, -0.05) is 0 Å². The first-order valence-electron chi connectivity index (χ1n) is 4.07. The predicted octanol–water partition coefficient (Wildman–Crippen LogP) is -2.17. The summed E-state index contributed by atoms with van der Waals surface area (Å²) in [5.41, 5.74) is 5.32. The van der Waals surface area contributed by atoms with Gasteiger partial charge in [-0.3, -0.25) is 14.5 Å². The summed E-state index contributed by atoms with van der Waals surface area (Å²) in [6.07, 6.45) is 0. The Balaban J connectivity index is 2.35. The van der Waals surface area contributed by atoms with Crippen LogP contribution in [0.2, 0.25) is 0 Å². The number of carbonyl (C=O) groups excluding carboxylic acids is 1. The van der Waals surface area contributed by atoms with Gasteiger partial charge in [0.25, 0.3) is 0 Å². The molecule has 1 aliphatic rings. The minimum atomic E-state index is -1.04. The van der Waals surface area contributed by atoms with Gasteiger partial charge in [0.2, 0.25) is 5.91 Å². The van der Waals surface area contributed by atoms with Gasteiger partial charge in [-0.2, -0.15) is 0 Å². The maximum Gasteiger partial charge on any atom is 0.321 e. The number of amides is 1. The lowest BCUT2D eigenvalue weighted by Crippen LogP contribution is -2.52. The van der Waals surface area contributed by atoms with E-state index in [-0.39, 0.29) is 19.0 Å². The number of carboxylic acids is 1. The quantitative estimate of drug-likeness (QED) is 0.467. The zero-order chi connectivity index (χ0) is 9.84. The van der Waals surface area contributed by atoms with Gasteiger partial charge in [-0.15, -0.1) is 0 Å². The molecule has 0 aromatic carbocycles. The molecule has 1 unspecified atom stereocenters. The Labute approximate surface area is 75.7 Å². The van der Waals surface area contributed by atoms with Crippen molar-refractivity contribution < 1.29 is 14.7 Å². The van der Waals surface area contributed by atoms with Gasteiger partial charge in [0.05, 0.1) is 6.54 Å². The molecule has 0 radical (unpaired) electrons. The van der Waals surface area contributed by atoms with Gasteiger partial charge in [0.15, 0.2) is 0 Å². The highest BCUT2D eigenvalue weighted by atomic mass is 16.4. The number of nitrogens with zero attached hydrogens (tertiary/aromatic N) is 1. The summed E-state index contributed by atoms with van der Waals surface area (Å²) in [6, 6.07) is -0.911. The lowest BCUT2D eigenvalue weighted by atomic mass is 10.2. The van der Waals surface area contributed by atoms with E-state index < -0.39 is 12.0 Å². The monoisotopic (exact) mass is 187 g/mol. The van der Waals surface area contributed by atoms with Crippen LogP contribution in [0.3, 0.4) is 0 Å². The second-order valence-electron chi connectivity index (χ2n) is 3.03. The molecule has 0 aromatic heterocycles. The molecule has 1 aliphatic heterocycles. The normalized spacial score (nSPS) is 20.8. The summed E-state index contributed by atoms with van der Waals surface area (Å²) in [7, 11) is 0. The summed E-state index contributed by atoms with van der Waals surface area (Å²) >= 11 is 0. The van der Waals surface area contributed by atoms with Crippen molar-refractivity contribution in [2.45, 2.75) is 6.04 Å². The van der Waals surface area contributed by atoms with Gasteiger partial charge in [-0.05, 0) is 0 Å². The van der Waals surface area contributed by atoms with Crippen LogP contribution < -0.4 is 11.1 Å². The van der Waals surface area contributed by atoms with Gasteiger partial charge in [-0.25, -0.2) is 0 Å². The van der Waals surface area contributed by atoms with E-state index in [4.69, 9.17) is 10.8 Å². The number of rotatable bonds is 3. The fourth-order valence-corrected chi connectivity index (χ4v) is 1.20. The summed E-state index contributed by atoms with van der Waals surface area (Å²) in [4.78, 5) is 23.0. The van der Waals surface area contributed by atoms with E-state index in [0.717, 1.165) is 0 Å². The smallest absolute Gasteiger partial charge is 0.321 e. The average Bonchev–Trinajstić information content (AvgIpc) is 2.04. The molecule has 0 aliphatic carbocycles. The summed E-state index contributed by atoms with van der Waals surface area (Å²) in [5.74, 6) is -1.12. The van der Waals surface area contributed by atoms with Crippen LogP contribution >= 0.6 is 0 Å². The number of carboxylic acid groups (broad SMARTS) is 1. The Morgan fingerprint density at radius 3 is 3.00 bits per heavy atom. The molecule has 0 bridgehead atoms. The molecule has 0 spiro atoms. The minimum absolute atomic E-state index is 0.0798. The molecule has 6 heteroatoms. The summed E-state index contributed by atoms with van der Waals surface area (Å²) < 4.78 is 0. The van der Waals surface area contributed by atoms with Crippen molar-refractivity contribution in [3.63, 3.8) is 0 Å². The maximum absolute atomic E-state index is 10.9. The third-order valence-corrected chi connectivity index (χ3v) is 1.89. The SMILES string of the molecule is NC(CN1CCNC(=O)C1)C(=O)O. The summed E-state index contributed by atoms with van der Waals surface area (Å²) in [5, 5.41) is 11.2. The highest BCUT2D eigenvalue weighted by Gasteiger charge is 2.21. The van der Waals surface area contributed by atoms with Crippen molar-refractivity contribution in [1.82, 2.24) is 10.2 Å². The standard InChI is InChI=1S/C7H13N3O3/c8-5(7(12)13)3-10-2-1-9-6(11)4-10/h5H,1-4,8H2,(H,9,11)(H,12,13). The van der Waals surface area contributed by atoms with Crippen molar-refractivity contribution in [3.8, 4) is 0 Å². The molecule has 0 aromatic rings. The first-order chi connectivity index (χ1) is 6.09. The van der Waals surface area contributed by atoms with Crippen molar-refractivity contribution in [3.05, 3.63) is 0 Å². The predicted molar refractivity (Wildman–Crippen MR) is 45.1 cm³/mol. The number of aliphatic carboxylic acids is 1. The van der Waals surface area contributed by atoms with E-state index in [1.54, 1.807) is 4.90 Å². The molecule has 0 saturated carbocycles. The van der Waals surface area contributed by atoms with Crippen LogP contribution in [0.25, 0.3) is 0 Å². The van der Waals surface area contributed by atoms with Crippen molar-refractivity contribution in [2.24, 2.45) is 5.73 Å². The molecule has 1 fully saturated rings. The van der Waals surface area contributed by atoms with Crippen LogP contribution in [0.15, 0.2) is 0 Å². The average molecular weight is 187 g/mol. The molecule has 1 saturated heterocycles. The Morgan fingerprint density at radius 1 is 1.77 bits per heavy atom. The second kappa shape index (κ2) is 4.20. The lowest BCUT2D eigenvalue weighted by Gasteiger charge is -2.27. The molecule has 1 amide bonds. The van der Waals surface area contributed by atoms with Crippen molar-refractivity contribution in [1.29, 1.82) is 0 Å². The van der Waals surface area contributed by atoms with Gasteiger partial charge >= 0.3 is 5.97 Å². The van der Waals surface area contributed by atoms with E-state index >= 15 is 0 Å². The highest BCUT2D eigenvalue weighted by molar-refractivity contribution is 5.79. The Morgan fingerprint density at radius 2 is 2.46 bits per heavy atom. The van der Waals surface area contributed by atoms with Crippen LogP contribution in [0.4, 0.5) is 0 Å². The molecule has 13 heavy (non-hydrogen) atoms. The number of carbonyl (C=O) groups is 2. The van der Waals surface area contributed by atoms with Crippen LogP contribution in [0.1, 0.15) is 0 Å². The van der Waals surface area contributed by atoms with E-state index in [2.05, 4.69) is 5.32 Å². The zero-order valence-electron chi connectivity index (χ0n) is 7.19. The van der Waals surface area contributed by atoms with Crippen LogP contribution in [0, 0.1) is 0 Å². The molecule has 4 N–H and O–H groups in total. The van der Waals surface area contributed by atoms with Crippen LogP contribution in [0.5, 0.6) is 0 Å². The molecule has 6 nitrogen and oxygen atoms in total. The van der Waals surface area contributed by atoms with E-state index in [0.29, 0.717) is 13.1 Å². The molecule has 1 rings (SSSR count). The Bertz CT molecular complexity index is 219. The third-order valence-electron chi connectivity index (χ3n) is 1.89. The van der Waals surface area contributed by atoms with Crippen molar-refractivity contribution >= 4 is 11.9 Å². The minimum Gasteiger partial charge on any atom is -0.480 e. The number of piperazine rings is 1. The second-order valence-corrected chi connectivity index (χ2v) is 3.03. The van der Waals surface area contributed by atoms with E-state index in [1.165, 1.54) is 0 Å². The number of nitrogens with one attached hydrogen (secondary N) is 1. The lowest BCUT2D eigenvalue weighted by molar-refractivity contribution is -0.139. The molecule has 1 atom stereocenters. The van der Waals surface area contributed by atoms with E-state index in [1.807, 2.05) is 0 Å². The van der Waals surface area contributed by atoms with Gasteiger partial charge < -0.3 is 16.2 Å². The Kier molecular flexibility index (Phi) is 3.21. The van der Waals surface area contributed by atoms with Crippen LogP contribution in [-0.2, 0) is 9.59 Å². The molecular formula is C7H13N3O3. The molecular weight excluding hydrogens is 174 g/mol. The topological polar surface area (TPSA) is 95.7 Å². The number of hydrogen-bond donors (Lipinski definition) is 3. The maximum atomic E-state index is 10.9. The first-order valence-corrected chi connectivity index (χ1v) is 4.07. The van der Waals surface area contributed by atoms with Gasteiger partial charge in [0.1, 0.15) is 6.04 Å². The number of nitrogens with two attached hydrogens (primary N) is 1. The molecule has 1 heterocycles. The van der Waals surface area contributed by atoms with Crippen molar-refractivity contribution in [2.75, 3.05) is 26.2 Å². The number of hydrogen-bond acceptors (Lipinski definition) is 4. The zero-order valence-corrected chi connectivity index (χ0v) is 7.19. The fourth-order valence-electron chi connectivity index (χ4n) is 1.20. The van der Waals surface area contributed by atoms with E-state index in [9.17, 15) is 9.59 Å². The third kappa shape index (κ3) is 3.00. The fraction of sp³-hybridized carbons (Fsp3) is 0.714. The first kappa shape index (κ1) is 9.94.